The molecular weight excluding hydrogens is 350 g/mol. The molecule has 0 aliphatic carbocycles. The largest absolute Gasteiger partial charge is 0.370 e. The van der Waals surface area contributed by atoms with Crippen molar-refractivity contribution in [2.24, 2.45) is 12.0 Å². The summed E-state index contributed by atoms with van der Waals surface area (Å²) in [6.45, 7) is 5.88. The first-order valence-corrected chi connectivity index (χ1v) is 9.84. The van der Waals surface area contributed by atoms with E-state index in [0.29, 0.717) is 13.2 Å². The Morgan fingerprint density at radius 2 is 2.11 bits per heavy atom. The first-order valence-electron chi connectivity index (χ1n) is 9.84. The van der Waals surface area contributed by atoms with E-state index in [0.717, 1.165) is 31.2 Å². The standard InChI is InChI=1S/C22H27N5O/c1-3-23-22(24-13-17-8-9-18-6-4-5-7-19(18)12-17)27-10-11-28-21(16-27)20-14-25-26(2)15-20/h4-9,12,14-15,21H,3,10-11,13,16H2,1-2H3,(H,23,24). The third kappa shape index (κ3) is 4.17. The van der Waals surface area contributed by atoms with Crippen LogP contribution in [0.4, 0.5) is 0 Å². The predicted octanol–water partition coefficient (Wildman–Crippen LogP) is 3.11. The summed E-state index contributed by atoms with van der Waals surface area (Å²) >= 11 is 0. The second-order valence-electron chi connectivity index (χ2n) is 7.10. The summed E-state index contributed by atoms with van der Waals surface area (Å²) in [4.78, 5) is 7.19. The Hall–Kier alpha value is -2.86. The Morgan fingerprint density at radius 1 is 1.25 bits per heavy atom. The molecule has 0 spiro atoms. The number of aliphatic imine (C=N–C) groups is 1. The maximum Gasteiger partial charge on any atom is 0.194 e. The molecule has 3 aromatic rings. The van der Waals surface area contributed by atoms with Gasteiger partial charge in [-0.25, -0.2) is 4.99 Å². The van der Waals surface area contributed by atoms with E-state index in [-0.39, 0.29) is 6.10 Å². The molecule has 6 heteroatoms. The number of guanidine groups is 1. The van der Waals surface area contributed by atoms with Gasteiger partial charge in [0.15, 0.2) is 5.96 Å². The minimum absolute atomic E-state index is 0.0203. The second-order valence-corrected chi connectivity index (χ2v) is 7.10. The summed E-state index contributed by atoms with van der Waals surface area (Å²) in [7, 11) is 1.93. The van der Waals surface area contributed by atoms with Crippen molar-refractivity contribution in [2.75, 3.05) is 26.2 Å². The number of aryl methyl sites for hydroxylation is 1. The molecule has 1 saturated heterocycles. The minimum atomic E-state index is 0.0203. The zero-order chi connectivity index (χ0) is 19.3. The average molecular weight is 377 g/mol. The number of nitrogens with zero attached hydrogens (tertiary/aromatic N) is 4. The summed E-state index contributed by atoms with van der Waals surface area (Å²) in [5, 5.41) is 10.2. The molecule has 1 unspecified atom stereocenters. The molecule has 0 bridgehead atoms. The molecule has 0 amide bonds. The summed E-state index contributed by atoms with van der Waals surface area (Å²) in [5.74, 6) is 0.938. The molecule has 1 aliphatic heterocycles. The van der Waals surface area contributed by atoms with Gasteiger partial charge in [0.05, 0.1) is 25.9 Å². The van der Waals surface area contributed by atoms with Crippen LogP contribution in [0.15, 0.2) is 59.9 Å². The van der Waals surface area contributed by atoms with Crippen molar-refractivity contribution >= 4 is 16.7 Å². The van der Waals surface area contributed by atoms with Crippen molar-refractivity contribution < 1.29 is 4.74 Å². The van der Waals surface area contributed by atoms with E-state index in [1.807, 2.05) is 24.1 Å². The van der Waals surface area contributed by atoms with Crippen molar-refractivity contribution in [1.82, 2.24) is 20.0 Å². The summed E-state index contributed by atoms with van der Waals surface area (Å²) < 4.78 is 7.79. The van der Waals surface area contributed by atoms with Crippen LogP contribution < -0.4 is 5.32 Å². The fourth-order valence-corrected chi connectivity index (χ4v) is 3.58. The van der Waals surface area contributed by atoms with Crippen molar-refractivity contribution in [3.8, 4) is 0 Å². The van der Waals surface area contributed by atoms with Crippen LogP contribution in [0, 0.1) is 0 Å². The number of benzene rings is 2. The monoisotopic (exact) mass is 377 g/mol. The van der Waals surface area contributed by atoms with Crippen LogP contribution in [0.2, 0.25) is 0 Å². The highest BCUT2D eigenvalue weighted by Gasteiger charge is 2.25. The van der Waals surface area contributed by atoms with Gasteiger partial charge in [-0.2, -0.15) is 5.10 Å². The van der Waals surface area contributed by atoms with E-state index in [2.05, 4.69) is 64.7 Å². The van der Waals surface area contributed by atoms with Crippen LogP contribution in [0.25, 0.3) is 10.8 Å². The molecule has 4 rings (SSSR count). The van der Waals surface area contributed by atoms with Crippen molar-refractivity contribution in [1.29, 1.82) is 0 Å². The third-order valence-corrected chi connectivity index (χ3v) is 5.02. The minimum Gasteiger partial charge on any atom is -0.370 e. The van der Waals surface area contributed by atoms with Gasteiger partial charge < -0.3 is 15.0 Å². The first kappa shape index (κ1) is 18.5. The highest BCUT2D eigenvalue weighted by Crippen LogP contribution is 2.22. The number of hydrogen-bond acceptors (Lipinski definition) is 3. The van der Waals surface area contributed by atoms with Crippen molar-refractivity contribution in [3.05, 3.63) is 66.0 Å². The second kappa shape index (κ2) is 8.44. The predicted molar refractivity (Wildman–Crippen MR) is 112 cm³/mol. The summed E-state index contributed by atoms with van der Waals surface area (Å²) in [5.41, 5.74) is 2.32. The van der Waals surface area contributed by atoms with Crippen LogP contribution in [0.1, 0.15) is 24.2 Å². The van der Waals surface area contributed by atoms with Gasteiger partial charge in [-0.05, 0) is 29.3 Å². The van der Waals surface area contributed by atoms with Gasteiger partial charge >= 0.3 is 0 Å². The molecule has 28 heavy (non-hydrogen) atoms. The van der Waals surface area contributed by atoms with Gasteiger partial charge in [-0.1, -0.05) is 36.4 Å². The SMILES string of the molecule is CCNC(=NCc1ccc2ccccc2c1)N1CCOC(c2cnn(C)c2)C1. The summed E-state index contributed by atoms with van der Waals surface area (Å²) in [6.07, 6.45) is 3.92. The maximum absolute atomic E-state index is 5.97. The molecule has 1 aliphatic rings. The van der Waals surface area contributed by atoms with Gasteiger partial charge in [0.2, 0.25) is 0 Å². The number of morpholine rings is 1. The Bertz CT molecular complexity index is 964. The molecule has 1 N–H and O–H groups in total. The number of nitrogens with one attached hydrogen (secondary N) is 1. The Morgan fingerprint density at radius 3 is 2.89 bits per heavy atom. The normalized spacial score (nSPS) is 17.9. The maximum atomic E-state index is 5.97. The van der Waals surface area contributed by atoms with E-state index in [4.69, 9.17) is 9.73 Å². The fourth-order valence-electron chi connectivity index (χ4n) is 3.58. The van der Waals surface area contributed by atoms with Gasteiger partial charge in [0.1, 0.15) is 6.10 Å². The molecule has 2 heterocycles. The number of rotatable bonds is 4. The number of fused-ring (bicyclic) bond motifs is 1. The van der Waals surface area contributed by atoms with Crippen LogP contribution in [0.5, 0.6) is 0 Å². The molecule has 1 atom stereocenters. The van der Waals surface area contributed by atoms with Gasteiger partial charge in [0.25, 0.3) is 0 Å². The zero-order valence-corrected chi connectivity index (χ0v) is 16.5. The van der Waals surface area contributed by atoms with E-state index < -0.39 is 0 Å². The average Bonchev–Trinajstić information content (AvgIpc) is 3.17. The third-order valence-electron chi connectivity index (χ3n) is 5.02. The smallest absolute Gasteiger partial charge is 0.194 e. The Labute approximate surface area is 165 Å². The van der Waals surface area contributed by atoms with Crippen LogP contribution in [-0.4, -0.2) is 46.9 Å². The van der Waals surface area contributed by atoms with Crippen molar-refractivity contribution in [3.63, 3.8) is 0 Å². The lowest BCUT2D eigenvalue weighted by Gasteiger charge is -2.34. The number of ether oxygens (including phenoxy) is 1. The van der Waals surface area contributed by atoms with Gasteiger partial charge in [-0.15, -0.1) is 0 Å². The first-order chi connectivity index (χ1) is 13.7. The van der Waals surface area contributed by atoms with Crippen molar-refractivity contribution in [2.45, 2.75) is 19.6 Å². The van der Waals surface area contributed by atoms with Gasteiger partial charge in [0, 0.05) is 31.9 Å². The molecule has 0 saturated carbocycles. The zero-order valence-electron chi connectivity index (χ0n) is 16.5. The van der Waals surface area contributed by atoms with E-state index in [1.165, 1.54) is 16.3 Å². The molecule has 0 radical (unpaired) electrons. The number of hydrogen-bond donors (Lipinski definition) is 1. The molecular formula is C22H27N5O. The lowest BCUT2D eigenvalue weighted by molar-refractivity contribution is -0.00805. The highest BCUT2D eigenvalue weighted by molar-refractivity contribution is 5.83. The lowest BCUT2D eigenvalue weighted by Crippen LogP contribution is -2.48. The molecule has 2 aromatic carbocycles. The lowest BCUT2D eigenvalue weighted by atomic mass is 10.1. The van der Waals surface area contributed by atoms with Crippen LogP contribution >= 0.6 is 0 Å². The molecule has 6 nitrogen and oxygen atoms in total. The molecule has 146 valence electrons. The van der Waals surface area contributed by atoms with E-state index in [1.54, 1.807) is 0 Å². The van der Waals surface area contributed by atoms with E-state index in [9.17, 15) is 0 Å². The quantitative estimate of drug-likeness (QED) is 0.561. The molecule has 1 fully saturated rings. The Kier molecular flexibility index (Phi) is 5.58. The van der Waals surface area contributed by atoms with Crippen LogP contribution in [-0.2, 0) is 18.3 Å². The van der Waals surface area contributed by atoms with E-state index >= 15 is 0 Å². The Balaban J connectivity index is 1.50. The highest BCUT2D eigenvalue weighted by atomic mass is 16.5. The van der Waals surface area contributed by atoms with Crippen LogP contribution in [0.3, 0.4) is 0 Å². The summed E-state index contributed by atoms with van der Waals surface area (Å²) in [6, 6.07) is 15.0. The topological polar surface area (TPSA) is 54.7 Å². The molecule has 1 aromatic heterocycles. The fraction of sp³-hybridized carbons (Fsp3) is 0.364. The number of aromatic nitrogens is 2. The van der Waals surface area contributed by atoms with Gasteiger partial charge in [-0.3, -0.25) is 4.68 Å².